The first-order valence-corrected chi connectivity index (χ1v) is 5.16. The summed E-state index contributed by atoms with van der Waals surface area (Å²) in [7, 11) is 0. The van der Waals surface area contributed by atoms with Crippen LogP contribution in [0.2, 0.25) is 0 Å². The van der Waals surface area contributed by atoms with Crippen LogP contribution in [0.1, 0.15) is 29.0 Å². The summed E-state index contributed by atoms with van der Waals surface area (Å²) in [5, 5.41) is 0. The average Bonchev–Trinajstić information content (AvgIpc) is 3.11. The Bertz CT molecular complexity index is 501. The molecule has 1 saturated carbocycles. The van der Waals surface area contributed by atoms with Crippen LogP contribution in [0, 0.1) is 24.7 Å². The number of aromatic nitrogens is 1. The van der Waals surface area contributed by atoms with Gasteiger partial charge in [-0.25, -0.2) is 4.98 Å². The van der Waals surface area contributed by atoms with Crippen LogP contribution in [0.15, 0.2) is 18.2 Å². The summed E-state index contributed by atoms with van der Waals surface area (Å²) in [6.07, 6.45) is 2.53. The van der Waals surface area contributed by atoms with Crippen LogP contribution in [-0.2, 0) is 9.59 Å². The van der Waals surface area contributed by atoms with Crippen molar-refractivity contribution in [1.29, 1.82) is 0 Å². The van der Waals surface area contributed by atoms with E-state index in [0.717, 1.165) is 18.5 Å². The molecule has 86 valence electrons. The first-order valence-electron chi connectivity index (χ1n) is 5.16. The van der Waals surface area contributed by atoms with Crippen molar-refractivity contribution in [2.24, 2.45) is 5.92 Å². The van der Waals surface area contributed by atoms with Gasteiger partial charge >= 0.3 is 6.15 Å². The number of nitrogens with zero attached hydrogens (tertiary/aromatic N) is 1. The fourth-order valence-corrected chi connectivity index (χ4v) is 1.13. The summed E-state index contributed by atoms with van der Waals surface area (Å²) in [6.45, 7) is 1.87. The SMILES string of the molecule is Cc1cccc(C(=O)C#CC2CC2)n1.O=C=O. The van der Waals surface area contributed by atoms with Crippen molar-refractivity contribution in [1.82, 2.24) is 4.98 Å². The number of Topliss-reactive ketones (excluding diaryl/α,β-unsaturated/α-hetero) is 1. The predicted octanol–water partition coefficient (Wildman–Crippen LogP) is 1.40. The molecule has 17 heavy (non-hydrogen) atoms. The van der Waals surface area contributed by atoms with Gasteiger partial charge in [-0.15, -0.1) is 0 Å². The van der Waals surface area contributed by atoms with E-state index in [0.29, 0.717) is 11.6 Å². The van der Waals surface area contributed by atoms with Gasteiger partial charge in [0, 0.05) is 11.6 Å². The Labute approximate surface area is 99.1 Å². The molecule has 4 heteroatoms. The van der Waals surface area contributed by atoms with E-state index in [1.807, 2.05) is 19.1 Å². The van der Waals surface area contributed by atoms with Gasteiger partial charge in [-0.05, 0) is 37.8 Å². The second-order valence-corrected chi connectivity index (χ2v) is 3.62. The fraction of sp³-hybridized carbons (Fsp3) is 0.308. The maximum absolute atomic E-state index is 11.5. The monoisotopic (exact) mass is 229 g/mol. The largest absolute Gasteiger partial charge is 0.373 e. The number of carbonyl (C=O) groups is 1. The predicted molar refractivity (Wildman–Crippen MR) is 58.8 cm³/mol. The molecule has 1 aromatic heterocycles. The molecule has 1 aliphatic rings. The molecule has 0 amide bonds. The molecule has 0 spiro atoms. The van der Waals surface area contributed by atoms with E-state index in [9.17, 15) is 4.79 Å². The molecule has 0 unspecified atom stereocenters. The van der Waals surface area contributed by atoms with Gasteiger partial charge in [0.05, 0.1) is 0 Å². The smallest absolute Gasteiger partial charge is 0.277 e. The van der Waals surface area contributed by atoms with E-state index >= 15 is 0 Å². The molecule has 1 aromatic rings. The third-order valence-corrected chi connectivity index (χ3v) is 2.09. The molecule has 0 bridgehead atoms. The maximum Gasteiger partial charge on any atom is 0.373 e. The van der Waals surface area contributed by atoms with Gasteiger partial charge in [-0.1, -0.05) is 12.0 Å². The van der Waals surface area contributed by atoms with E-state index in [1.54, 1.807) is 6.07 Å². The number of hydrogen-bond donors (Lipinski definition) is 0. The van der Waals surface area contributed by atoms with Crippen molar-refractivity contribution >= 4 is 11.9 Å². The van der Waals surface area contributed by atoms with Crippen molar-refractivity contribution in [3.05, 3.63) is 29.6 Å². The van der Waals surface area contributed by atoms with Crippen LogP contribution < -0.4 is 0 Å². The summed E-state index contributed by atoms with van der Waals surface area (Å²) in [4.78, 5) is 31.9. The molecule has 0 aromatic carbocycles. The van der Waals surface area contributed by atoms with E-state index in [1.165, 1.54) is 0 Å². The number of pyridine rings is 1. The molecule has 0 atom stereocenters. The number of rotatable bonds is 1. The summed E-state index contributed by atoms with van der Waals surface area (Å²) in [5.41, 5.74) is 1.31. The third kappa shape index (κ3) is 4.87. The van der Waals surface area contributed by atoms with Crippen molar-refractivity contribution in [3.63, 3.8) is 0 Å². The van der Waals surface area contributed by atoms with Crippen molar-refractivity contribution in [3.8, 4) is 11.8 Å². The Morgan fingerprint density at radius 2 is 2.00 bits per heavy atom. The first-order chi connectivity index (χ1) is 8.17. The highest BCUT2D eigenvalue weighted by atomic mass is 16.2. The molecule has 0 aliphatic heterocycles. The Morgan fingerprint density at radius 3 is 2.53 bits per heavy atom. The van der Waals surface area contributed by atoms with Gasteiger partial charge in [0.1, 0.15) is 5.69 Å². The molecule has 0 saturated heterocycles. The van der Waals surface area contributed by atoms with Gasteiger partial charge in [-0.3, -0.25) is 4.79 Å². The Balaban J connectivity index is 0.000000437. The Kier molecular flexibility index (Phi) is 4.80. The standard InChI is InChI=1S/C12H11NO.CO2/c1-9-3-2-4-11(13-9)12(14)8-7-10-5-6-10;2-1-3/h2-4,10H,5-6H2,1H3;. The molecule has 1 heterocycles. The van der Waals surface area contributed by atoms with E-state index in [4.69, 9.17) is 9.59 Å². The summed E-state index contributed by atoms with van der Waals surface area (Å²) >= 11 is 0. The highest BCUT2D eigenvalue weighted by Gasteiger charge is 2.18. The highest BCUT2D eigenvalue weighted by molar-refractivity contribution is 6.07. The van der Waals surface area contributed by atoms with Crippen molar-refractivity contribution in [2.45, 2.75) is 19.8 Å². The summed E-state index contributed by atoms with van der Waals surface area (Å²) < 4.78 is 0. The van der Waals surface area contributed by atoms with Crippen molar-refractivity contribution in [2.75, 3.05) is 0 Å². The second-order valence-electron chi connectivity index (χ2n) is 3.62. The lowest BCUT2D eigenvalue weighted by atomic mass is 10.2. The molecule has 0 N–H and O–H groups in total. The third-order valence-electron chi connectivity index (χ3n) is 2.09. The van der Waals surface area contributed by atoms with E-state index in [2.05, 4.69) is 16.8 Å². The molecular weight excluding hydrogens is 218 g/mol. The quantitative estimate of drug-likeness (QED) is 0.415. The van der Waals surface area contributed by atoms with E-state index < -0.39 is 0 Å². The Morgan fingerprint density at radius 1 is 1.35 bits per heavy atom. The lowest BCUT2D eigenvalue weighted by molar-refractivity contribution is -0.191. The van der Waals surface area contributed by atoms with Gasteiger partial charge in [0.2, 0.25) is 0 Å². The fourth-order valence-electron chi connectivity index (χ4n) is 1.13. The van der Waals surface area contributed by atoms with Crippen LogP contribution in [0.3, 0.4) is 0 Å². The zero-order valence-corrected chi connectivity index (χ0v) is 9.40. The van der Waals surface area contributed by atoms with Crippen LogP contribution in [0.5, 0.6) is 0 Å². The van der Waals surface area contributed by atoms with Gasteiger partial charge < -0.3 is 0 Å². The molecule has 1 fully saturated rings. The van der Waals surface area contributed by atoms with Crippen molar-refractivity contribution < 1.29 is 14.4 Å². The molecule has 2 rings (SSSR count). The van der Waals surface area contributed by atoms with Crippen LogP contribution in [0.4, 0.5) is 0 Å². The molecule has 4 nitrogen and oxygen atoms in total. The molecule has 1 aliphatic carbocycles. The minimum Gasteiger partial charge on any atom is -0.277 e. The van der Waals surface area contributed by atoms with Gasteiger partial charge in [0.15, 0.2) is 0 Å². The van der Waals surface area contributed by atoms with Gasteiger partial charge in [-0.2, -0.15) is 9.59 Å². The number of carbonyl (C=O) groups excluding carboxylic acids is 3. The minimum absolute atomic E-state index is 0.166. The second kappa shape index (κ2) is 6.37. The number of ketones is 1. The van der Waals surface area contributed by atoms with Crippen LogP contribution in [-0.4, -0.2) is 16.9 Å². The van der Waals surface area contributed by atoms with Gasteiger partial charge in [0.25, 0.3) is 5.78 Å². The molecular formula is C13H11NO3. The zero-order valence-electron chi connectivity index (χ0n) is 9.40. The van der Waals surface area contributed by atoms with Crippen LogP contribution >= 0.6 is 0 Å². The first kappa shape index (κ1) is 12.8. The van der Waals surface area contributed by atoms with Crippen LogP contribution in [0.25, 0.3) is 0 Å². The lowest BCUT2D eigenvalue weighted by Crippen LogP contribution is -1.99. The average molecular weight is 229 g/mol. The van der Waals surface area contributed by atoms with E-state index in [-0.39, 0.29) is 11.9 Å². The normalized spacial score (nSPS) is 12.3. The Hall–Kier alpha value is -2.24. The number of hydrogen-bond acceptors (Lipinski definition) is 4. The lowest BCUT2D eigenvalue weighted by Gasteiger charge is -1.94. The maximum atomic E-state index is 11.5. The summed E-state index contributed by atoms with van der Waals surface area (Å²) in [5.74, 6) is 5.87. The topological polar surface area (TPSA) is 64.1 Å². The molecule has 0 radical (unpaired) electrons. The minimum atomic E-state index is -0.166. The summed E-state index contributed by atoms with van der Waals surface area (Å²) in [6, 6.07) is 5.40. The zero-order chi connectivity index (χ0) is 12.7. The number of aryl methyl sites for hydroxylation is 1. The highest BCUT2D eigenvalue weighted by Crippen LogP contribution is 2.27.